The van der Waals surface area contributed by atoms with Gasteiger partial charge >= 0.3 is 5.97 Å². The topological polar surface area (TPSA) is 66.4 Å². The number of nitrogens with one attached hydrogen (secondary N) is 1. The molecule has 4 nitrogen and oxygen atoms in total. The van der Waals surface area contributed by atoms with Crippen LogP contribution in [0.3, 0.4) is 0 Å². The number of carbonyl (C=O) groups excluding carboxylic acids is 1. The number of carboxylic acid groups (broad SMARTS) is 1. The van der Waals surface area contributed by atoms with Crippen LogP contribution in [-0.4, -0.2) is 23.5 Å². The first-order valence-electron chi connectivity index (χ1n) is 5.62. The summed E-state index contributed by atoms with van der Waals surface area (Å²) in [6.45, 7) is 4.82. The van der Waals surface area contributed by atoms with E-state index in [1.54, 1.807) is 0 Å². The van der Waals surface area contributed by atoms with Crippen LogP contribution in [0.5, 0.6) is 0 Å². The Morgan fingerprint density at radius 2 is 1.71 bits per heavy atom. The minimum absolute atomic E-state index is 0.164. The standard InChI is InChI=1S/C13H17NO3/c1-9(2)7-8-14-12(15)10-3-5-11(6-4-10)13(16)17/h3-6,9H,7-8H2,1-2H3,(H,14,15)(H,16,17). The molecule has 0 aromatic heterocycles. The van der Waals surface area contributed by atoms with Gasteiger partial charge in [-0.1, -0.05) is 13.8 Å². The Bertz CT molecular complexity index is 396. The van der Waals surface area contributed by atoms with Gasteiger partial charge in [0.05, 0.1) is 5.56 Å². The van der Waals surface area contributed by atoms with Crippen molar-refractivity contribution < 1.29 is 14.7 Å². The summed E-state index contributed by atoms with van der Waals surface area (Å²) in [5.41, 5.74) is 0.669. The second-order valence-corrected chi connectivity index (χ2v) is 4.32. The summed E-state index contributed by atoms with van der Waals surface area (Å²) < 4.78 is 0. The van der Waals surface area contributed by atoms with Crippen molar-refractivity contribution >= 4 is 11.9 Å². The predicted molar refractivity (Wildman–Crippen MR) is 65.2 cm³/mol. The molecule has 4 heteroatoms. The van der Waals surface area contributed by atoms with Crippen LogP contribution in [-0.2, 0) is 0 Å². The van der Waals surface area contributed by atoms with Crippen LogP contribution in [0.4, 0.5) is 0 Å². The summed E-state index contributed by atoms with van der Waals surface area (Å²) >= 11 is 0. The maximum Gasteiger partial charge on any atom is 0.335 e. The van der Waals surface area contributed by atoms with E-state index in [1.807, 2.05) is 0 Å². The minimum Gasteiger partial charge on any atom is -0.478 e. The van der Waals surface area contributed by atoms with Crippen LogP contribution in [0.2, 0.25) is 0 Å². The lowest BCUT2D eigenvalue weighted by Gasteiger charge is -2.07. The van der Waals surface area contributed by atoms with Crippen LogP contribution in [0.1, 0.15) is 41.0 Å². The molecule has 1 aromatic rings. The molecule has 0 fully saturated rings. The third-order valence-electron chi connectivity index (χ3n) is 2.40. The maximum atomic E-state index is 11.6. The highest BCUT2D eigenvalue weighted by molar-refractivity contribution is 5.95. The van der Waals surface area contributed by atoms with Crippen molar-refractivity contribution in [1.29, 1.82) is 0 Å². The van der Waals surface area contributed by atoms with Gasteiger partial charge in [-0.05, 0) is 36.6 Å². The molecule has 17 heavy (non-hydrogen) atoms. The molecule has 0 spiro atoms. The van der Waals surface area contributed by atoms with Crippen molar-refractivity contribution in [3.8, 4) is 0 Å². The Balaban J connectivity index is 2.55. The van der Waals surface area contributed by atoms with Gasteiger partial charge in [-0.25, -0.2) is 4.79 Å². The van der Waals surface area contributed by atoms with Gasteiger partial charge in [-0.2, -0.15) is 0 Å². The minimum atomic E-state index is -0.989. The average Bonchev–Trinajstić information content (AvgIpc) is 2.28. The number of amides is 1. The fraction of sp³-hybridized carbons (Fsp3) is 0.385. The van der Waals surface area contributed by atoms with Crippen LogP contribution < -0.4 is 5.32 Å². The van der Waals surface area contributed by atoms with E-state index < -0.39 is 5.97 Å². The molecule has 0 saturated heterocycles. The van der Waals surface area contributed by atoms with E-state index in [0.29, 0.717) is 18.0 Å². The summed E-state index contributed by atoms with van der Waals surface area (Å²) in [6, 6.07) is 5.90. The molecule has 0 bridgehead atoms. The molecule has 0 aliphatic heterocycles. The molecule has 0 unspecified atom stereocenters. The number of carboxylic acids is 1. The normalized spacial score (nSPS) is 10.3. The van der Waals surface area contributed by atoms with Gasteiger partial charge in [0.25, 0.3) is 5.91 Å². The Hall–Kier alpha value is -1.84. The lowest BCUT2D eigenvalue weighted by Crippen LogP contribution is -2.25. The fourth-order valence-corrected chi connectivity index (χ4v) is 1.34. The molecule has 1 aromatic carbocycles. The van der Waals surface area contributed by atoms with Gasteiger partial charge in [-0.3, -0.25) is 4.79 Å². The lowest BCUT2D eigenvalue weighted by atomic mass is 10.1. The Kier molecular flexibility index (Phi) is 4.69. The van der Waals surface area contributed by atoms with E-state index in [-0.39, 0.29) is 11.5 Å². The summed E-state index contributed by atoms with van der Waals surface area (Å²) in [7, 11) is 0. The second-order valence-electron chi connectivity index (χ2n) is 4.32. The molecular weight excluding hydrogens is 218 g/mol. The Morgan fingerprint density at radius 3 is 2.18 bits per heavy atom. The van der Waals surface area contributed by atoms with Crippen molar-refractivity contribution in [1.82, 2.24) is 5.32 Å². The lowest BCUT2D eigenvalue weighted by molar-refractivity contribution is 0.0696. The number of hydrogen-bond donors (Lipinski definition) is 2. The van der Waals surface area contributed by atoms with Gasteiger partial charge in [0.1, 0.15) is 0 Å². The van der Waals surface area contributed by atoms with Crippen molar-refractivity contribution in [2.45, 2.75) is 20.3 Å². The number of aromatic carboxylic acids is 1. The first-order valence-corrected chi connectivity index (χ1v) is 5.62. The van der Waals surface area contributed by atoms with Crippen molar-refractivity contribution in [3.63, 3.8) is 0 Å². The van der Waals surface area contributed by atoms with Crippen LogP contribution in [0.25, 0.3) is 0 Å². The first kappa shape index (κ1) is 13.2. The highest BCUT2D eigenvalue weighted by Gasteiger charge is 2.07. The van der Waals surface area contributed by atoms with E-state index in [0.717, 1.165) is 6.42 Å². The van der Waals surface area contributed by atoms with Gasteiger partial charge in [0.2, 0.25) is 0 Å². The van der Waals surface area contributed by atoms with Gasteiger partial charge in [0.15, 0.2) is 0 Å². The molecule has 0 radical (unpaired) electrons. The first-order chi connectivity index (χ1) is 8.00. The van der Waals surface area contributed by atoms with E-state index in [4.69, 9.17) is 5.11 Å². The third kappa shape index (κ3) is 4.26. The molecule has 1 rings (SSSR count). The molecule has 92 valence electrons. The summed E-state index contributed by atoms with van der Waals surface area (Å²) in [5, 5.41) is 11.5. The van der Waals surface area contributed by atoms with Crippen LogP contribution in [0, 0.1) is 5.92 Å². The van der Waals surface area contributed by atoms with Crippen molar-refractivity contribution in [3.05, 3.63) is 35.4 Å². The maximum absolute atomic E-state index is 11.6. The van der Waals surface area contributed by atoms with E-state index in [2.05, 4.69) is 19.2 Å². The molecular formula is C13H17NO3. The van der Waals surface area contributed by atoms with E-state index >= 15 is 0 Å². The average molecular weight is 235 g/mol. The summed E-state index contributed by atoms with van der Waals surface area (Å²) in [4.78, 5) is 22.3. The Morgan fingerprint density at radius 1 is 1.18 bits per heavy atom. The Labute approximate surface area is 101 Å². The number of benzene rings is 1. The summed E-state index contributed by atoms with van der Waals surface area (Å²) in [5.74, 6) is -0.607. The molecule has 2 N–H and O–H groups in total. The molecule has 0 saturated carbocycles. The zero-order valence-electron chi connectivity index (χ0n) is 10.1. The van der Waals surface area contributed by atoms with Crippen molar-refractivity contribution in [2.24, 2.45) is 5.92 Å². The van der Waals surface area contributed by atoms with Crippen molar-refractivity contribution in [2.75, 3.05) is 6.54 Å². The van der Waals surface area contributed by atoms with E-state index in [9.17, 15) is 9.59 Å². The third-order valence-corrected chi connectivity index (χ3v) is 2.40. The van der Waals surface area contributed by atoms with Gasteiger partial charge < -0.3 is 10.4 Å². The highest BCUT2D eigenvalue weighted by atomic mass is 16.4. The molecule has 0 aliphatic carbocycles. The highest BCUT2D eigenvalue weighted by Crippen LogP contribution is 2.05. The van der Waals surface area contributed by atoms with Gasteiger partial charge in [-0.15, -0.1) is 0 Å². The molecule has 0 atom stereocenters. The van der Waals surface area contributed by atoms with Crippen LogP contribution in [0.15, 0.2) is 24.3 Å². The predicted octanol–water partition coefficient (Wildman–Crippen LogP) is 2.16. The number of carbonyl (C=O) groups is 2. The zero-order chi connectivity index (χ0) is 12.8. The molecule has 0 aliphatic rings. The number of rotatable bonds is 5. The summed E-state index contributed by atoms with van der Waals surface area (Å²) in [6.07, 6.45) is 0.930. The monoisotopic (exact) mass is 235 g/mol. The quantitative estimate of drug-likeness (QED) is 0.821. The largest absolute Gasteiger partial charge is 0.478 e. The smallest absolute Gasteiger partial charge is 0.335 e. The second kappa shape index (κ2) is 6.03. The zero-order valence-corrected chi connectivity index (χ0v) is 10.1. The van der Waals surface area contributed by atoms with Gasteiger partial charge in [0, 0.05) is 12.1 Å². The molecule has 0 heterocycles. The van der Waals surface area contributed by atoms with E-state index in [1.165, 1.54) is 24.3 Å². The van der Waals surface area contributed by atoms with Crippen LogP contribution >= 0.6 is 0 Å². The fourth-order valence-electron chi connectivity index (χ4n) is 1.34. The molecule has 1 amide bonds. The SMILES string of the molecule is CC(C)CCNC(=O)c1ccc(C(=O)O)cc1. The number of hydrogen-bond acceptors (Lipinski definition) is 2.